The van der Waals surface area contributed by atoms with E-state index in [1.54, 1.807) is 18.2 Å². The standard InChI is InChI=1S/C16H14N2O6S2/c1-24-16(19)14-9-11-8-13(25(2,20)21)10-17-15(11)18(14)26(22,23)12-6-4-3-5-7-12/h3-10H,1-2H3. The number of benzene rings is 1. The molecule has 0 atom stereocenters. The van der Waals surface area contributed by atoms with Crippen LogP contribution in [0.15, 0.2) is 58.5 Å². The molecule has 0 radical (unpaired) electrons. The van der Waals surface area contributed by atoms with Gasteiger partial charge >= 0.3 is 5.97 Å². The molecule has 1 aromatic carbocycles. The van der Waals surface area contributed by atoms with Crippen molar-refractivity contribution in [1.29, 1.82) is 0 Å². The van der Waals surface area contributed by atoms with Gasteiger partial charge in [0.25, 0.3) is 10.0 Å². The first-order chi connectivity index (χ1) is 12.2. The second kappa shape index (κ2) is 6.22. The molecule has 0 bridgehead atoms. The summed E-state index contributed by atoms with van der Waals surface area (Å²) in [6.45, 7) is 0. The molecule has 0 N–H and O–H groups in total. The number of ether oxygens (including phenoxy) is 1. The van der Waals surface area contributed by atoms with E-state index in [4.69, 9.17) is 0 Å². The molecule has 3 aromatic rings. The first-order valence-corrected chi connectivity index (χ1v) is 10.6. The number of fused-ring (bicyclic) bond motifs is 1. The number of nitrogens with zero attached hydrogens (tertiary/aromatic N) is 2. The summed E-state index contributed by atoms with van der Waals surface area (Å²) in [5.41, 5.74) is -0.342. The molecule has 3 rings (SSSR count). The zero-order chi connectivity index (χ0) is 19.1. The largest absolute Gasteiger partial charge is 0.464 e. The average Bonchev–Trinajstić information content (AvgIpc) is 3.00. The zero-order valence-electron chi connectivity index (χ0n) is 13.8. The summed E-state index contributed by atoms with van der Waals surface area (Å²) in [5.74, 6) is -0.886. The van der Waals surface area contributed by atoms with E-state index in [1.807, 2.05) is 0 Å². The lowest BCUT2D eigenvalue weighted by atomic mass is 10.3. The van der Waals surface area contributed by atoms with Crippen molar-refractivity contribution in [2.45, 2.75) is 9.79 Å². The molecule has 10 heteroatoms. The van der Waals surface area contributed by atoms with Gasteiger partial charge in [0.2, 0.25) is 0 Å². The lowest BCUT2D eigenvalue weighted by Gasteiger charge is -2.10. The van der Waals surface area contributed by atoms with Crippen molar-refractivity contribution >= 4 is 36.9 Å². The van der Waals surface area contributed by atoms with Crippen LogP contribution >= 0.6 is 0 Å². The number of carbonyl (C=O) groups excluding carboxylic acids is 1. The van der Waals surface area contributed by atoms with Gasteiger partial charge in [-0.3, -0.25) is 0 Å². The third kappa shape index (κ3) is 2.97. The number of hydrogen-bond donors (Lipinski definition) is 0. The minimum Gasteiger partial charge on any atom is -0.464 e. The fraction of sp³-hybridized carbons (Fsp3) is 0.125. The summed E-state index contributed by atoms with van der Waals surface area (Å²) in [6, 6.07) is 10.0. The monoisotopic (exact) mass is 394 g/mol. The van der Waals surface area contributed by atoms with Gasteiger partial charge in [-0.25, -0.2) is 30.6 Å². The maximum Gasteiger partial charge on any atom is 0.355 e. The number of hydrogen-bond acceptors (Lipinski definition) is 7. The van der Waals surface area contributed by atoms with Crippen molar-refractivity contribution in [3.63, 3.8) is 0 Å². The topological polar surface area (TPSA) is 112 Å². The SMILES string of the molecule is COC(=O)c1cc2cc(S(C)(=O)=O)cnc2n1S(=O)(=O)c1ccccc1. The smallest absolute Gasteiger partial charge is 0.355 e. The van der Waals surface area contributed by atoms with Crippen LogP contribution in [0.1, 0.15) is 10.5 Å². The quantitative estimate of drug-likeness (QED) is 0.616. The minimum absolute atomic E-state index is 0.0448. The van der Waals surface area contributed by atoms with Crippen LogP contribution in [0, 0.1) is 0 Å². The summed E-state index contributed by atoms with van der Waals surface area (Å²) in [7, 11) is -6.58. The molecule has 0 amide bonds. The van der Waals surface area contributed by atoms with Gasteiger partial charge in [-0.1, -0.05) is 18.2 Å². The predicted octanol–water partition coefficient (Wildman–Crippen LogP) is 1.46. The van der Waals surface area contributed by atoms with Crippen molar-refractivity contribution < 1.29 is 26.4 Å². The summed E-state index contributed by atoms with van der Waals surface area (Å²) in [6.07, 6.45) is 2.06. The van der Waals surface area contributed by atoms with Crippen molar-refractivity contribution in [2.24, 2.45) is 0 Å². The molecule has 26 heavy (non-hydrogen) atoms. The summed E-state index contributed by atoms with van der Waals surface area (Å²) >= 11 is 0. The van der Waals surface area contributed by atoms with Crippen LogP contribution in [-0.4, -0.2) is 45.1 Å². The molecule has 136 valence electrons. The number of sulfone groups is 1. The predicted molar refractivity (Wildman–Crippen MR) is 93.2 cm³/mol. The molecule has 0 aliphatic heterocycles. The van der Waals surface area contributed by atoms with E-state index in [0.717, 1.165) is 23.5 Å². The first kappa shape index (κ1) is 18.1. The Morgan fingerprint density at radius 2 is 1.69 bits per heavy atom. The number of carbonyl (C=O) groups is 1. The van der Waals surface area contributed by atoms with Crippen LogP contribution in [0.2, 0.25) is 0 Å². The third-order valence-electron chi connectivity index (χ3n) is 3.68. The minimum atomic E-state index is -4.15. The highest BCUT2D eigenvalue weighted by Crippen LogP contribution is 2.26. The van der Waals surface area contributed by atoms with Gasteiger partial charge < -0.3 is 4.74 Å². The van der Waals surface area contributed by atoms with E-state index < -0.39 is 25.8 Å². The van der Waals surface area contributed by atoms with Crippen molar-refractivity contribution in [3.8, 4) is 0 Å². The summed E-state index contributed by atoms with van der Waals surface area (Å²) in [4.78, 5) is 16.0. The summed E-state index contributed by atoms with van der Waals surface area (Å²) in [5, 5.41) is 0.188. The van der Waals surface area contributed by atoms with E-state index in [1.165, 1.54) is 24.3 Å². The molecule has 0 fully saturated rings. The molecule has 0 aliphatic rings. The number of esters is 1. The highest BCUT2D eigenvalue weighted by Gasteiger charge is 2.28. The fourth-order valence-corrected chi connectivity index (χ4v) is 4.50. The molecule has 2 heterocycles. The second-order valence-corrected chi connectivity index (χ2v) is 9.26. The highest BCUT2D eigenvalue weighted by atomic mass is 32.2. The molecule has 8 nitrogen and oxygen atoms in total. The average molecular weight is 394 g/mol. The van der Waals surface area contributed by atoms with Gasteiger partial charge in [-0.05, 0) is 24.3 Å². The van der Waals surface area contributed by atoms with Gasteiger partial charge in [0.05, 0.1) is 16.9 Å². The van der Waals surface area contributed by atoms with E-state index in [-0.39, 0.29) is 26.5 Å². The van der Waals surface area contributed by atoms with Gasteiger partial charge in [0.15, 0.2) is 15.5 Å². The first-order valence-electron chi connectivity index (χ1n) is 7.27. The molecule has 0 spiro atoms. The van der Waals surface area contributed by atoms with Crippen LogP contribution in [0.5, 0.6) is 0 Å². The summed E-state index contributed by atoms with van der Waals surface area (Å²) < 4.78 is 54.9. The maximum atomic E-state index is 13.0. The Bertz CT molecular complexity index is 1210. The van der Waals surface area contributed by atoms with Gasteiger partial charge in [0.1, 0.15) is 5.69 Å². The van der Waals surface area contributed by atoms with Crippen LogP contribution in [0.4, 0.5) is 0 Å². The molecule has 0 saturated heterocycles. The number of methoxy groups -OCH3 is 1. The van der Waals surface area contributed by atoms with Crippen LogP contribution < -0.4 is 0 Å². The second-order valence-electron chi connectivity index (χ2n) is 5.46. The Morgan fingerprint density at radius 1 is 1.04 bits per heavy atom. The lowest BCUT2D eigenvalue weighted by Crippen LogP contribution is -2.19. The fourth-order valence-electron chi connectivity index (χ4n) is 2.44. The Morgan fingerprint density at radius 3 is 2.27 bits per heavy atom. The molecule has 2 aromatic heterocycles. The number of aromatic nitrogens is 2. The van der Waals surface area contributed by atoms with Crippen molar-refractivity contribution in [3.05, 3.63) is 54.4 Å². The Labute approximate surface area is 150 Å². The molecule has 0 aliphatic carbocycles. The van der Waals surface area contributed by atoms with Crippen molar-refractivity contribution in [2.75, 3.05) is 13.4 Å². The van der Waals surface area contributed by atoms with Gasteiger partial charge in [-0.15, -0.1) is 0 Å². The van der Waals surface area contributed by atoms with E-state index in [9.17, 15) is 21.6 Å². The highest BCUT2D eigenvalue weighted by molar-refractivity contribution is 7.90. The normalized spacial score (nSPS) is 12.2. The van der Waals surface area contributed by atoms with Gasteiger partial charge in [-0.2, -0.15) is 0 Å². The van der Waals surface area contributed by atoms with Crippen molar-refractivity contribution in [1.82, 2.24) is 8.96 Å². The lowest BCUT2D eigenvalue weighted by molar-refractivity contribution is 0.0593. The molecule has 0 saturated carbocycles. The molecular weight excluding hydrogens is 380 g/mol. The van der Waals surface area contributed by atoms with Crippen LogP contribution in [-0.2, 0) is 24.6 Å². The molecule has 0 unspecified atom stereocenters. The number of rotatable bonds is 4. The van der Waals surface area contributed by atoms with Crippen LogP contribution in [0.25, 0.3) is 11.0 Å². The van der Waals surface area contributed by atoms with E-state index in [0.29, 0.717) is 0 Å². The third-order valence-corrected chi connectivity index (χ3v) is 6.48. The zero-order valence-corrected chi connectivity index (χ0v) is 15.4. The van der Waals surface area contributed by atoms with Crippen LogP contribution in [0.3, 0.4) is 0 Å². The van der Waals surface area contributed by atoms with E-state index >= 15 is 0 Å². The van der Waals surface area contributed by atoms with Gasteiger partial charge in [0, 0.05) is 17.8 Å². The maximum absolute atomic E-state index is 13.0. The van der Waals surface area contributed by atoms with E-state index in [2.05, 4.69) is 9.72 Å². The Balaban J connectivity index is 2.38. The Kier molecular flexibility index (Phi) is 4.32. The molecular formula is C16H14N2O6S2. The Hall–Kier alpha value is -2.72. The number of pyridine rings is 1.